The molecule has 0 aromatic heterocycles. The highest BCUT2D eigenvalue weighted by molar-refractivity contribution is 6.17. The van der Waals surface area contributed by atoms with Crippen molar-refractivity contribution in [3.8, 4) is 22.6 Å². The van der Waals surface area contributed by atoms with E-state index in [1.54, 1.807) is 11.1 Å². The third kappa shape index (κ3) is 2.83. The van der Waals surface area contributed by atoms with Gasteiger partial charge in [-0.1, -0.05) is 103 Å². The standard InChI is InChI=1S/C35H26O/c1-2-11-25-22(9-1)10-7-18-32(25)36-35-29-14-5-3-12-27(29)34(28-13-4-6-15-30(28)35)31-17-8-16-26-23-19-20-24(21-23)33(26)31/h1-18,23-24H,19-21H2. The molecule has 6 aromatic rings. The summed E-state index contributed by atoms with van der Waals surface area (Å²) >= 11 is 0. The van der Waals surface area contributed by atoms with Gasteiger partial charge in [0.05, 0.1) is 0 Å². The SMILES string of the molecule is c1cc(-c2c3ccccc3c(Oc3cccc4ccccc34)c3ccccc23)c2c(c1)C1CCC2C1. The molecule has 0 spiro atoms. The van der Waals surface area contributed by atoms with Crippen molar-refractivity contribution >= 4 is 32.3 Å². The van der Waals surface area contributed by atoms with Crippen molar-refractivity contribution in [2.24, 2.45) is 0 Å². The molecule has 8 rings (SSSR count). The lowest BCUT2D eigenvalue weighted by Gasteiger charge is -2.23. The first-order valence-corrected chi connectivity index (χ1v) is 13.1. The minimum Gasteiger partial charge on any atom is -0.455 e. The van der Waals surface area contributed by atoms with Crippen LogP contribution in [0.5, 0.6) is 11.5 Å². The second kappa shape index (κ2) is 7.70. The number of fused-ring (bicyclic) bond motifs is 8. The van der Waals surface area contributed by atoms with Gasteiger partial charge in [0.15, 0.2) is 0 Å². The van der Waals surface area contributed by atoms with Gasteiger partial charge in [-0.3, -0.25) is 0 Å². The summed E-state index contributed by atoms with van der Waals surface area (Å²) in [6.45, 7) is 0. The van der Waals surface area contributed by atoms with Crippen LogP contribution in [0.25, 0.3) is 43.4 Å². The number of hydrogen-bond acceptors (Lipinski definition) is 1. The van der Waals surface area contributed by atoms with Crippen LogP contribution in [0.2, 0.25) is 0 Å². The Morgan fingerprint density at radius 2 is 1.14 bits per heavy atom. The molecule has 2 bridgehead atoms. The molecule has 6 aromatic carbocycles. The molecule has 0 amide bonds. The molecule has 0 heterocycles. The van der Waals surface area contributed by atoms with E-state index in [9.17, 15) is 0 Å². The van der Waals surface area contributed by atoms with Gasteiger partial charge in [-0.15, -0.1) is 0 Å². The molecule has 0 saturated heterocycles. The summed E-state index contributed by atoms with van der Waals surface area (Å²) in [5, 5.41) is 7.19. The predicted octanol–water partition coefficient (Wildman–Crippen LogP) is 9.97. The molecular weight excluding hydrogens is 436 g/mol. The summed E-state index contributed by atoms with van der Waals surface area (Å²) in [5.41, 5.74) is 5.97. The first-order chi connectivity index (χ1) is 17.9. The van der Waals surface area contributed by atoms with Gasteiger partial charge in [-0.05, 0) is 75.6 Å². The summed E-state index contributed by atoms with van der Waals surface area (Å²) in [7, 11) is 0. The minimum absolute atomic E-state index is 0.699. The van der Waals surface area contributed by atoms with Crippen LogP contribution < -0.4 is 4.74 Å². The molecule has 1 fully saturated rings. The average Bonchev–Trinajstić information content (AvgIpc) is 3.56. The lowest BCUT2D eigenvalue weighted by molar-refractivity contribution is 0.499. The Morgan fingerprint density at radius 3 is 1.92 bits per heavy atom. The molecule has 2 unspecified atom stereocenters. The second-order valence-corrected chi connectivity index (χ2v) is 10.4. The highest BCUT2D eigenvalue weighted by Gasteiger charge is 2.38. The topological polar surface area (TPSA) is 9.23 Å². The quantitative estimate of drug-likeness (QED) is 0.238. The summed E-state index contributed by atoms with van der Waals surface area (Å²) in [4.78, 5) is 0. The van der Waals surface area contributed by atoms with Gasteiger partial charge in [0.25, 0.3) is 0 Å². The largest absolute Gasteiger partial charge is 0.455 e. The van der Waals surface area contributed by atoms with E-state index in [1.165, 1.54) is 57.3 Å². The van der Waals surface area contributed by atoms with Gasteiger partial charge in [0.2, 0.25) is 0 Å². The Labute approximate surface area is 211 Å². The van der Waals surface area contributed by atoms with E-state index in [1.807, 2.05) is 0 Å². The van der Waals surface area contributed by atoms with E-state index in [2.05, 4.69) is 109 Å². The molecule has 2 aliphatic carbocycles. The van der Waals surface area contributed by atoms with Crippen molar-refractivity contribution in [1.82, 2.24) is 0 Å². The van der Waals surface area contributed by atoms with E-state index >= 15 is 0 Å². The van der Waals surface area contributed by atoms with Gasteiger partial charge in [-0.25, -0.2) is 0 Å². The zero-order valence-corrected chi connectivity index (χ0v) is 20.1. The zero-order chi connectivity index (χ0) is 23.6. The zero-order valence-electron chi connectivity index (χ0n) is 20.1. The Balaban J connectivity index is 1.44. The third-order valence-corrected chi connectivity index (χ3v) is 8.53. The van der Waals surface area contributed by atoms with Crippen molar-refractivity contribution in [2.45, 2.75) is 31.1 Å². The van der Waals surface area contributed by atoms with Crippen LogP contribution >= 0.6 is 0 Å². The summed E-state index contributed by atoms with van der Waals surface area (Å²) < 4.78 is 6.85. The maximum atomic E-state index is 6.85. The summed E-state index contributed by atoms with van der Waals surface area (Å²) in [5.74, 6) is 3.28. The maximum Gasteiger partial charge on any atom is 0.143 e. The smallest absolute Gasteiger partial charge is 0.143 e. The molecule has 36 heavy (non-hydrogen) atoms. The van der Waals surface area contributed by atoms with Gasteiger partial charge in [-0.2, -0.15) is 0 Å². The molecule has 0 aliphatic heterocycles. The fourth-order valence-corrected chi connectivity index (χ4v) is 7.02. The summed E-state index contributed by atoms with van der Waals surface area (Å²) in [6.07, 6.45) is 4.00. The highest BCUT2D eigenvalue weighted by Crippen LogP contribution is 2.57. The Bertz CT molecular complexity index is 1750. The molecule has 0 radical (unpaired) electrons. The van der Waals surface area contributed by atoms with Crippen molar-refractivity contribution in [3.05, 3.63) is 120 Å². The highest BCUT2D eigenvalue weighted by atomic mass is 16.5. The van der Waals surface area contributed by atoms with Crippen LogP contribution in [0.4, 0.5) is 0 Å². The van der Waals surface area contributed by atoms with Crippen LogP contribution in [0.3, 0.4) is 0 Å². The maximum absolute atomic E-state index is 6.85. The first kappa shape index (κ1) is 20.1. The lowest BCUT2D eigenvalue weighted by Crippen LogP contribution is -2.01. The molecule has 1 saturated carbocycles. The van der Waals surface area contributed by atoms with Crippen molar-refractivity contribution in [1.29, 1.82) is 0 Å². The average molecular weight is 463 g/mol. The van der Waals surface area contributed by atoms with E-state index in [0.29, 0.717) is 5.92 Å². The fraction of sp³-hybridized carbons (Fsp3) is 0.143. The van der Waals surface area contributed by atoms with Crippen molar-refractivity contribution in [3.63, 3.8) is 0 Å². The molecular formula is C35H26O. The third-order valence-electron chi connectivity index (χ3n) is 8.53. The van der Waals surface area contributed by atoms with Crippen LogP contribution in [-0.4, -0.2) is 0 Å². The van der Waals surface area contributed by atoms with Gasteiger partial charge < -0.3 is 4.74 Å². The van der Waals surface area contributed by atoms with Crippen LogP contribution in [-0.2, 0) is 0 Å². The monoisotopic (exact) mass is 462 g/mol. The molecule has 2 atom stereocenters. The Kier molecular flexibility index (Phi) is 4.30. The van der Waals surface area contributed by atoms with E-state index in [0.717, 1.165) is 22.8 Å². The molecule has 0 N–H and O–H groups in total. The Morgan fingerprint density at radius 1 is 0.528 bits per heavy atom. The molecule has 2 aliphatic rings. The van der Waals surface area contributed by atoms with E-state index in [-0.39, 0.29) is 0 Å². The van der Waals surface area contributed by atoms with Gasteiger partial charge >= 0.3 is 0 Å². The molecule has 1 heteroatoms. The molecule has 172 valence electrons. The van der Waals surface area contributed by atoms with Gasteiger partial charge in [0.1, 0.15) is 11.5 Å². The van der Waals surface area contributed by atoms with Crippen LogP contribution in [0.15, 0.2) is 109 Å². The van der Waals surface area contributed by atoms with Crippen molar-refractivity contribution < 1.29 is 4.74 Å². The number of ether oxygens (including phenoxy) is 1. The number of rotatable bonds is 3. The predicted molar refractivity (Wildman–Crippen MR) is 150 cm³/mol. The summed E-state index contributed by atoms with van der Waals surface area (Å²) in [6, 6.07) is 39.4. The lowest BCUT2D eigenvalue weighted by atomic mass is 9.82. The van der Waals surface area contributed by atoms with Crippen LogP contribution in [0, 0.1) is 0 Å². The molecule has 1 nitrogen and oxygen atoms in total. The normalized spacial score (nSPS) is 18.2. The minimum atomic E-state index is 0.699. The second-order valence-electron chi connectivity index (χ2n) is 10.4. The first-order valence-electron chi connectivity index (χ1n) is 13.1. The van der Waals surface area contributed by atoms with E-state index < -0.39 is 0 Å². The number of benzene rings is 6. The Hall–Kier alpha value is -4.10. The van der Waals surface area contributed by atoms with Gasteiger partial charge in [0, 0.05) is 16.2 Å². The number of hydrogen-bond donors (Lipinski definition) is 0. The van der Waals surface area contributed by atoms with Crippen molar-refractivity contribution in [2.75, 3.05) is 0 Å². The van der Waals surface area contributed by atoms with E-state index in [4.69, 9.17) is 4.74 Å². The van der Waals surface area contributed by atoms with Crippen LogP contribution in [0.1, 0.15) is 42.2 Å². The fourth-order valence-electron chi connectivity index (χ4n) is 7.02.